The Hall–Kier alpha value is -0.570. The minimum Gasteiger partial charge on any atom is -0.481 e. The van der Waals surface area contributed by atoms with Crippen molar-refractivity contribution in [2.24, 2.45) is 5.92 Å². The summed E-state index contributed by atoms with van der Waals surface area (Å²) in [7, 11) is 0. The van der Waals surface area contributed by atoms with E-state index in [1.807, 2.05) is 0 Å². The summed E-state index contributed by atoms with van der Waals surface area (Å²) >= 11 is 0. The molecule has 0 spiro atoms. The Morgan fingerprint density at radius 2 is 2.00 bits per heavy atom. The Morgan fingerprint density at radius 1 is 1.21 bits per heavy atom. The topological polar surface area (TPSA) is 46.5 Å². The fraction of sp³-hybridized carbons (Fsp3) is 0.909. The second-order valence-electron chi connectivity index (χ2n) is 4.05. The third-order valence-electron chi connectivity index (χ3n) is 2.55. The van der Waals surface area contributed by atoms with E-state index in [-0.39, 0.29) is 0 Å². The van der Waals surface area contributed by atoms with Crippen molar-refractivity contribution in [3.05, 3.63) is 0 Å². The zero-order chi connectivity index (χ0) is 10.2. The first-order valence-electron chi connectivity index (χ1n) is 5.58. The van der Waals surface area contributed by atoms with E-state index in [9.17, 15) is 4.79 Å². The maximum Gasteiger partial charge on any atom is 0.303 e. The quantitative estimate of drug-likeness (QED) is 0.581. The maximum absolute atomic E-state index is 10.2. The molecule has 1 saturated carbocycles. The molecule has 0 bridgehead atoms. The van der Waals surface area contributed by atoms with Gasteiger partial charge in [0.2, 0.25) is 0 Å². The monoisotopic (exact) mass is 200 g/mol. The number of carboxylic acids is 1. The minimum atomic E-state index is -0.695. The number of aliphatic carboxylic acids is 1. The molecule has 0 amide bonds. The molecule has 0 radical (unpaired) electrons. The fourth-order valence-electron chi connectivity index (χ4n) is 1.42. The van der Waals surface area contributed by atoms with Crippen LogP contribution in [0.25, 0.3) is 0 Å². The molecule has 1 N–H and O–H groups in total. The molecular formula is C11H20O3. The Morgan fingerprint density at radius 3 is 2.64 bits per heavy atom. The van der Waals surface area contributed by atoms with Crippen LogP contribution >= 0.6 is 0 Å². The van der Waals surface area contributed by atoms with E-state index >= 15 is 0 Å². The zero-order valence-electron chi connectivity index (χ0n) is 8.71. The lowest BCUT2D eigenvalue weighted by atomic mass is 10.2. The van der Waals surface area contributed by atoms with Crippen LogP contribution < -0.4 is 0 Å². The standard InChI is InChI=1S/C11H20O3/c12-11(13)4-2-1-3-8-14-9-7-10-5-6-10/h10H,1-9H2,(H,12,13). The van der Waals surface area contributed by atoms with Gasteiger partial charge < -0.3 is 9.84 Å². The third-order valence-corrected chi connectivity index (χ3v) is 2.55. The van der Waals surface area contributed by atoms with Crippen molar-refractivity contribution in [3.8, 4) is 0 Å². The molecular weight excluding hydrogens is 180 g/mol. The van der Waals surface area contributed by atoms with Crippen molar-refractivity contribution in [2.45, 2.75) is 44.9 Å². The van der Waals surface area contributed by atoms with Crippen LogP contribution in [-0.2, 0) is 9.53 Å². The van der Waals surface area contributed by atoms with Crippen molar-refractivity contribution in [2.75, 3.05) is 13.2 Å². The molecule has 3 nitrogen and oxygen atoms in total. The van der Waals surface area contributed by atoms with Gasteiger partial charge in [-0.15, -0.1) is 0 Å². The maximum atomic E-state index is 10.2. The molecule has 0 atom stereocenters. The van der Waals surface area contributed by atoms with Crippen LogP contribution in [0.1, 0.15) is 44.9 Å². The minimum absolute atomic E-state index is 0.294. The van der Waals surface area contributed by atoms with E-state index in [0.29, 0.717) is 6.42 Å². The molecule has 14 heavy (non-hydrogen) atoms. The van der Waals surface area contributed by atoms with E-state index in [2.05, 4.69) is 0 Å². The first kappa shape index (κ1) is 11.5. The molecule has 1 aliphatic rings. The Balaban J connectivity index is 1.68. The third kappa shape index (κ3) is 6.89. The smallest absolute Gasteiger partial charge is 0.303 e. The summed E-state index contributed by atoms with van der Waals surface area (Å²) in [5, 5.41) is 8.39. The highest BCUT2D eigenvalue weighted by Crippen LogP contribution is 2.32. The van der Waals surface area contributed by atoms with E-state index in [4.69, 9.17) is 9.84 Å². The molecule has 0 aromatic rings. The summed E-state index contributed by atoms with van der Waals surface area (Å²) in [4.78, 5) is 10.2. The molecule has 1 aliphatic carbocycles. The van der Waals surface area contributed by atoms with Crippen LogP contribution in [-0.4, -0.2) is 24.3 Å². The Kier molecular flexibility index (Phi) is 5.60. The van der Waals surface area contributed by atoms with Crippen molar-refractivity contribution >= 4 is 5.97 Å². The Bertz CT molecular complexity index is 164. The highest BCUT2D eigenvalue weighted by molar-refractivity contribution is 5.66. The predicted octanol–water partition coefficient (Wildman–Crippen LogP) is 2.45. The highest BCUT2D eigenvalue weighted by Gasteiger charge is 2.20. The summed E-state index contributed by atoms with van der Waals surface area (Å²) in [5.41, 5.74) is 0. The number of ether oxygens (including phenoxy) is 1. The SMILES string of the molecule is O=C(O)CCCCCOCCC1CC1. The Labute approximate surface area is 85.5 Å². The molecule has 0 heterocycles. The highest BCUT2D eigenvalue weighted by atomic mass is 16.5. The molecule has 1 rings (SSSR count). The van der Waals surface area contributed by atoms with Gasteiger partial charge in [-0.05, 0) is 25.2 Å². The lowest BCUT2D eigenvalue weighted by Crippen LogP contribution is -1.99. The van der Waals surface area contributed by atoms with E-state index in [1.54, 1.807) is 0 Å². The van der Waals surface area contributed by atoms with Crippen LogP contribution in [0.4, 0.5) is 0 Å². The van der Waals surface area contributed by atoms with Gasteiger partial charge in [-0.25, -0.2) is 0 Å². The molecule has 82 valence electrons. The first-order chi connectivity index (χ1) is 6.79. The van der Waals surface area contributed by atoms with Gasteiger partial charge in [0.05, 0.1) is 0 Å². The largest absolute Gasteiger partial charge is 0.481 e. The van der Waals surface area contributed by atoms with Crippen LogP contribution in [0.15, 0.2) is 0 Å². The summed E-state index contributed by atoms with van der Waals surface area (Å²) < 4.78 is 5.44. The summed E-state index contributed by atoms with van der Waals surface area (Å²) in [5.74, 6) is 0.252. The van der Waals surface area contributed by atoms with Crippen LogP contribution in [0.2, 0.25) is 0 Å². The second kappa shape index (κ2) is 6.82. The number of rotatable bonds is 9. The fourth-order valence-corrected chi connectivity index (χ4v) is 1.42. The lowest BCUT2D eigenvalue weighted by molar-refractivity contribution is -0.137. The van der Waals surface area contributed by atoms with Gasteiger partial charge in [-0.1, -0.05) is 19.3 Å². The molecule has 0 aromatic carbocycles. The van der Waals surface area contributed by atoms with Gasteiger partial charge in [-0.3, -0.25) is 4.79 Å². The second-order valence-corrected chi connectivity index (χ2v) is 4.05. The van der Waals surface area contributed by atoms with Crippen molar-refractivity contribution < 1.29 is 14.6 Å². The number of unbranched alkanes of at least 4 members (excludes halogenated alkanes) is 2. The molecule has 0 aliphatic heterocycles. The van der Waals surface area contributed by atoms with Crippen LogP contribution in [0.3, 0.4) is 0 Å². The van der Waals surface area contributed by atoms with E-state index in [0.717, 1.165) is 38.4 Å². The number of carboxylic acid groups (broad SMARTS) is 1. The van der Waals surface area contributed by atoms with Crippen molar-refractivity contribution in [1.82, 2.24) is 0 Å². The summed E-state index contributed by atoms with van der Waals surface area (Å²) in [6.45, 7) is 1.69. The van der Waals surface area contributed by atoms with E-state index < -0.39 is 5.97 Å². The molecule has 3 heteroatoms. The molecule has 0 aromatic heterocycles. The van der Waals surface area contributed by atoms with Crippen LogP contribution in [0, 0.1) is 5.92 Å². The number of carbonyl (C=O) groups is 1. The van der Waals surface area contributed by atoms with Gasteiger partial charge in [-0.2, -0.15) is 0 Å². The number of hydrogen-bond donors (Lipinski definition) is 1. The normalized spacial score (nSPS) is 15.7. The van der Waals surface area contributed by atoms with Gasteiger partial charge in [0, 0.05) is 19.6 Å². The van der Waals surface area contributed by atoms with Gasteiger partial charge in [0.15, 0.2) is 0 Å². The average Bonchev–Trinajstić information content (AvgIpc) is 2.92. The predicted molar refractivity (Wildman–Crippen MR) is 54.3 cm³/mol. The number of hydrogen-bond acceptors (Lipinski definition) is 2. The van der Waals surface area contributed by atoms with E-state index in [1.165, 1.54) is 19.3 Å². The van der Waals surface area contributed by atoms with Crippen molar-refractivity contribution in [3.63, 3.8) is 0 Å². The van der Waals surface area contributed by atoms with Crippen LogP contribution in [0.5, 0.6) is 0 Å². The first-order valence-corrected chi connectivity index (χ1v) is 5.58. The molecule has 0 unspecified atom stereocenters. The van der Waals surface area contributed by atoms with Gasteiger partial charge >= 0.3 is 5.97 Å². The lowest BCUT2D eigenvalue weighted by Gasteiger charge is -2.02. The zero-order valence-corrected chi connectivity index (χ0v) is 8.71. The molecule has 1 fully saturated rings. The summed E-state index contributed by atoms with van der Waals surface area (Å²) in [6, 6.07) is 0. The van der Waals surface area contributed by atoms with Gasteiger partial charge in [0.1, 0.15) is 0 Å². The molecule has 0 saturated heterocycles. The van der Waals surface area contributed by atoms with Gasteiger partial charge in [0.25, 0.3) is 0 Å². The average molecular weight is 200 g/mol. The van der Waals surface area contributed by atoms with Crippen molar-refractivity contribution in [1.29, 1.82) is 0 Å². The summed E-state index contributed by atoms with van der Waals surface area (Å²) in [6.07, 6.45) is 7.04.